The van der Waals surface area contributed by atoms with Crippen molar-refractivity contribution < 1.29 is 9.47 Å². The maximum atomic E-state index is 5.23. The van der Waals surface area contributed by atoms with Crippen molar-refractivity contribution in [2.24, 2.45) is 5.92 Å². The minimum Gasteiger partial charge on any atom is -0.383 e. The lowest BCUT2D eigenvalue weighted by Crippen LogP contribution is -2.45. The Hall–Kier alpha value is -0.160. The fourth-order valence-corrected chi connectivity index (χ4v) is 2.49. The summed E-state index contributed by atoms with van der Waals surface area (Å²) in [6.45, 7) is 8.38. The molecule has 2 unspecified atom stereocenters. The molecule has 1 rings (SSSR count). The van der Waals surface area contributed by atoms with E-state index in [4.69, 9.17) is 9.47 Å². The van der Waals surface area contributed by atoms with Gasteiger partial charge in [0.2, 0.25) is 0 Å². The molecule has 0 aromatic rings. The van der Waals surface area contributed by atoms with Crippen LogP contribution in [-0.4, -0.2) is 64.6 Å². The lowest BCUT2D eigenvalue weighted by atomic mass is 9.97. The van der Waals surface area contributed by atoms with Crippen LogP contribution in [0.3, 0.4) is 0 Å². The molecule has 1 heterocycles. The van der Waals surface area contributed by atoms with Crippen molar-refractivity contribution in [3.05, 3.63) is 0 Å². The summed E-state index contributed by atoms with van der Waals surface area (Å²) in [4.78, 5) is 2.55. The van der Waals surface area contributed by atoms with E-state index >= 15 is 0 Å². The molecule has 0 saturated carbocycles. The van der Waals surface area contributed by atoms with Gasteiger partial charge in [0.1, 0.15) is 0 Å². The lowest BCUT2D eigenvalue weighted by Gasteiger charge is -2.36. The summed E-state index contributed by atoms with van der Waals surface area (Å²) in [5.74, 6) is 0.778. The van der Waals surface area contributed by atoms with E-state index in [2.05, 4.69) is 17.1 Å². The molecule has 0 bridgehead atoms. The second-order valence-electron chi connectivity index (χ2n) is 5.00. The van der Waals surface area contributed by atoms with Crippen LogP contribution in [0.15, 0.2) is 0 Å². The van der Waals surface area contributed by atoms with E-state index in [0.29, 0.717) is 6.04 Å². The van der Waals surface area contributed by atoms with Crippen LogP contribution in [0.2, 0.25) is 0 Å². The van der Waals surface area contributed by atoms with Gasteiger partial charge in [0.15, 0.2) is 0 Å². The minimum absolute atomic E-state index is 0.543. The summed E-state index contributed by atoms with van der Waals surface area (Å²) in [6, 6.07) is 0.543. The average Bonchev–Trinajstić information content (AvgIpc) is 2.35. The molecule has 0 aromatic heterocycles. The molecule has 0 aromatic carbocycles. The zero-order chi connectivity index (χ0) is 12.5. The van der Waals surface area contributed by atoms with Crippen LogP contribution in [0.5, 0.6) is 0 Å². The Kier molecular flexibility index (Phi) is 7.77. The van der Waals surface area contributed by atoms with E-state index in [0.717, 1.165) is 32.2 Å². The van der Waals surface area contributed by atoms with E-state index in [1.54, 1.807) is 14.2 Å². The van der Waals surface area contributed by atoms with Crippen molar-refractivity contribution in [2.75, 3.05) is 53.6 Å². The van der Waals surface area contributed by atoms with Crippen molar-refractivity contribution >= 4 is 0 Å². The van der Waals surface area contributed by atoms with E-state index in [1.165, 1.54) is 25.9 Å². The minimum atomic E-state index is 0.543. The molecule has 0 radical (unpaired) electrons. The van der Waals surface area contributed by atoms with E-state index in [1.807, 2.05) is 0 Å². The van der Waals surface area contributed by atoms with Gasteiger partial charge in [-0.15, -0.1) is 0 Å². The molecular formula is C13H28N2O2. The SMILES string of the molecule is COCCNCC1CCCN(C(C)COC)C1. The first-order chi connectivity index (χ1) is 8.27. The standard InChI is InChI=1S/C13H28N2O2/c1-12(11-17-3)15-7-4-5-13(10-15)9-14-6-8-16-2/h12-14H,4-11H2,1-3H3. The van der Waals surface area contributed by atoms with Crippen molar-refractivity contribution in [3.8, 4) is 0 Å². The van der Waals surface area contributed by atoms with Crippen molar-refractivity contribution in [3.63, 3.8) is 0 Å². The maximum absolute atomic E-state index is 5.23. The quantitative estimate of drug-likeness (QED) is 0.645. The Bertz CT molecular complexity index is 190. The Morgan fingerprint density at radius 3 is 2.88 bits per heavy atom. The summed E-state index contributed by atoms with van der Waals surface area (Å²) in [6.07, 6.45) is 2.65. The van der Waals surface area contributed by atoms with Gasteiger partial charge in [-0.3, -0.25) is 4.90 Å². The molecule has 2 atom stereocenters. The van der Waals surface area contributed by atoms with Gasteiger partial charge in [0, 0.05) is 33.4 Å². The largest absolute Gasteiger partial charge is 0.383 e. The van der Waals surface area contributed by atoms with Crippen LogP contribution in [0.4, 0.5) is 0 Å². The highest BCUT2D eigenvalue weighted by Gasteiger charge is 2.22. The lowest BCUT2D eigenvalue weighted by molar-refractivity contribution is 0.0676. The van der Waals surface area contributed by atoms with Crippen LogP contribution < -0.4 is 5.32 Å². The van der Waals surface area contributed by atoms with Gasteiger partial charge in [0.25, 0.3) is 0 Å². The van der Waals surface area contributed by atoms with Gasteiger partial charge < -0.3 is 14.8 Å². The van der Waals surface area contributed by atoms with E-state index in [9.17, 15) is 0 Å². The Labute approximate surface area is 106 Å². The normalized spacial score (nSPS) is 23.8. The summed E-state index contributed by atoms with van der Waals surface area (Å²) in [7, 11) is 3.53. The van der Waals surface area contributed by atoms with Crippen LogP contribution in [-0.2, 0) is 9.47 Å². The molecule has 0 spiro atoms. The number of nitrogens with one attached hydrogen (secondary N) is 1. The van der Waals surface area contributed by atoms with Crippen molar-refractivity contribution in [2.45, 2.75) is 25.8 Å². The smallest absolute Gasteiger partial charge is 0.0615 e. The first kappa shape index (κ1) is 14.9. The summed E-state index contributed by atoms with van der Waals surface area (Å²) < 4.78 is 10.3. The van der Waals surface area contributed by atoms with Gasteiger partial charge in [-0.05, 0) is 38.8 Å². The monoisotopic (exact) mass is 244 g/mol. The molecule has 0 aliphatic carbocycles. The zero-order valence-electron chi connectivity index (χ0n) is 11.6. The Morgan fingerprint density at radius 1 is 1.35 bits per heavy atom. The topological polar surface area (TPSA) is 33.7 Å². The number of piperidine rings is 1. The van der Waals surface area contributed by atoms with Gasteiger partial charge in [-0.1, -0.05) is 0 Å². The fraction of sp³-hybridized carbons (Fsp3) is 1.00. The first-order valence-corrected chi connectivity index (χ1v) is 6.70. The summed E-state index contributed by atoms with van der Waals surface area (Å²) in [5.41, 5.74) is 0. The number of ether oxygens (including phenoxy) is 2. The highest BCUT2D eigenvalue weighted by molar-refractivity contribution is 4.78. The summed E-state index contributed by atoms with van der Waals surface area (Å²) in [5, 5.41) is 3.46. The predicted molar refractivity (Wildman–Crippen MR) is 70.4 cm³/mol. The number of hydrogen-bond acceptors (Lipinski definition) is 4. The van der Waals surface area contributed by atoms with Crippen molar-refractivity contribution in [1.82, 2.24) is 10.2 Å². The molecular weight excluding hydrogens is 216 g/mol. The first-order valence-electron chi connectivity index (χ1n) is 6.70. The highest BCUT2D eigenvalue weighted by atomic mass is 16.5. The second-order valence-corrected chi connectivity index (χ2v) is 5.00. The number of nitrogens with zero attached hydrogens (tertiary/aromatic N) is 1. The molecule has 1 N–H and O–H groups in total. The molecule has 17 heavy (non-hydrogen) atoms. The van der Waals surface area contributed by atoms with Gasteiger partial charge >= 0.3 is 0 Å². The third-order valence-electron chi connectivity index (χ3n) is 3.50. The maximum Gasteiger partial charge on any atom is 0.0615 e. The molecule has 4 heteroatoms. The fourth-order valence-electron chi connectivity index (χ4n) is 2.49. The number of hydrogen-bond donors (Lipinski definition) is 1. The van der Waals surface area contributed by atoms with Crippen LogP contribution >= 0.6 is 0 Å². The molecule has 4 nitrogen and oxygen atoms in total. The van der Waals surface area contributed by atoms with Gasteiger partial charge in [0.05, 0.1) is 13.2 Å². The zero-order valence-corrected chi connectivity index (χ0v) is 11.6. The third kappa shape index (κ3) is 5.82. The highest BCUT2D eigenvalue weighted by Crippen LogP contribution is 2.17. The van der Waals surface area contributed by atoms with E-state index in [-0.39, 0.29) is 0 Å². The number of likely N-dealkylation sites (tertiary alicyclic amines) is 1. The number of rotatable bonds is 8. The molecule has 1 aliphatic heterocycles. The molecule has 0 amide bonds. The summed E-state index contributed by atoms with van der Waals surface area (Å²) >= 11 is 0. The van der Waals surface area contributed by atoms with E-state index < -0.39 is 0 Å². The Balaban J connectivity index is 2.19. The number of methoxy groups -OCH3 is 2. The molecule has 1 saturated heterocycles. The second kappa shape index (κ2) is 8.86. The van der Waals surface area contributed by atoms with Crippen LogP contribution in [0.25, 0.3) is 0 Å². The van der Waals surface area contributed by atoms with Crippen molar-refractivity contribution in [1.29, 1.82) is 0 Å². The Morgan fingerprint density at radius 2 is 2.18 bits per heavy atom. The average molecular weight is 244 g/mol. The van der Waals surface area contributed by atoms with Gasteiger partial charge in [-0.25, -0.2) is 0 Å². The van der Waals surface area contributed by atoms with Gasteiger partial charge in [-0.2, -0.15) is 0 Å². The molecule has 1 fully saturated rings. The predicted octanol–water partition coefficient (Wildman–Crippen LogP) is 0.969. The van der Waals surface area contributed by atoms with Crippen LogP contribution in [0.1, 0.15) is 19.8 Å². The third-order valence-corrected chi connectivity index (χ3v) is 3.50. The molecule has 102 valence electrons. The molecule has 1 aliphatic rings. The van der Waals surface area contributed by atoms with Crippen LogP contribution in [0, 0.1) is 5.92 Å².